The largest absolute Gasteiger partial charge is 0.479 e. The van der Waals surface area contributed by atoms with Crippen LogP contribution in [0.4, 0.5) is 0 Å². The Hall–Kier alpha value is -1.18. The van der Waals surface area contributed by atoms with Gasteiger partial charge in [0.25, 0.3) is 0 Å². The van der Waals surface area contributed by atoms with Crippen LogP contribution in [0.3, 0.4) is 0 Å². The van der Waals surface area contributed by atoms with Gasteiger partial charge in [0.1, 0.15) is 36.6 Å². The molecule has 0 spiro atoms. The highest BCUT2D eigenvalue weighted by atomic mass is 16.7. The minimum atomic E-state index is -1.93. The van der Waals surface area contributed by atoms with E-state index in [0.29, 0.717) is 0 Å². The lowest BCUT2D eigenvalue weighted by atomic mass is 9.99. The van der Waals surface area contributed by atoms with Crippen molar-refractivity contribution in [1.29, 1.82) is 0 Å². The van der Waals surface area contributed by atoms with Crippen LogP contribution in [0.2, 0.25) is 0 Å². The van der Waals surface area contributed by atoms with Crippen LogP contribution in [0.15, 0.2) is 0 Å². The van der Waals surface area contributed by atoms with Crippen molar-refractivity contribution in [2.75, 3.05) is 6.61 Å². The molecular weight excluding hydrogens is 308 g/mol. The Balaban J connectivity index is 2.84. The van der Waals surface area contributed by atoms with Gasteiger partial charge < -0.3 is 50.0 Å². The lowest BCUT2D eigenvalue weighted by molar-refractivity contribution is -0.314. The minimum Gasteiger partial charge on any atom is -0.479 e. The number of aliphatic carboxylic acids is 1. The van der Waals surface area contributed by atoms with Crippen molar-refractivity contribution in [3.63, 3.8) is 0 Å². The molecule has 0 aromatic heterocycles. The first-order chi connectivity index (χ1) is 10.2. The molecule has 8 atom stereocenters. The summed E-state index contributed by atoms with van der Waals surface area (Å²) in [5, 5.41) is 65.3. The molecular formula is C11H18O11. The van der Waals surface area contributed by atoms with Crippen molar-refractivity contribution < 1.29 is 54.8 Å². The maximum atomic E-state index is 10.9. The van der Waals surface area contributed by atoms with Crippen LogP contribution in [0.25, 0.3) is 0 Å². The second kappa shape index (κ2) is 7.89. The lowest BCUT2D eigenvalue weighted by Crippen LogP contribution is -2.61. The highest BCUT2D eigenvalue weighted by Crippen LogP contribution is 2.24. The number of aldehydes is 1. The predicted molar refractivity (Wildman–Crippen MR) is 64.4 cm³/mol. The van der Waals surface area contributed by atoms with Gasteiger partial charge in [0.15, 0.2) is 18.7 Å². The van der Waals surface area contributed by atoms with E-state index in [-0.39, 0.29) is 6.29 Å². The third-order valence-electron chi connectivity index (χ3n) is 3.17. The molecule has 1 aliphatic heterocycles. The number of rotatable bonds is 7. The van der Waals surface area contributed by atoms with Gasteiger partial charge in [-0.2, -0.15) is 0 Å². The number of aliphatic hydroxyl groups excluding tert-OH is 6. The SMILES string of the molecule is O=C[C@H](O)[C@@H](O)[C@@H](CO)O[C@H]1O[C@H](C(=O)O)[C@@H](O)[C@H](O)[C@H]1O. The second-order valence-corrected chi connectivity index (χ2v) is 4.71. The Morgan fingerprint density at radius 1 is 1.18 bits per heavy atom. The molecule has 0 saturated carbocycles. The maximum Gasteiger partial charge on any atom is 0.335 e. The second-order valence-electron chi connectivity index (χ2n) is 4.71. The summed E-state index contributed by atoms with van der Waals surface area (Å²) in [6, 6.07) is 0. The number of hydrogen-bond acceptors (Lipinski definition) is 10. The average molecular weight is 326 g/mol. The summed E-state index contributed by atoms with van der Waals surface area (Å²) in [6.45, 7) is -0.908. The first-order valence-electron chi connectivity index (χ1n) is 6.24. The van der Waals surface area contributed by atoms with Gasteiger partial charge in [-0.05, 0) is 0 Å². The van der Waals surface area contributed by atoms with Gasteiger partial charge in [0, 0.05) is 0 Å². The van der Waals surface area contributed by atoms with E-state index in [4.69, 9.17) is 24.8 Å². The fourth-order valence-corrected chi connectivity index (χ4v) is 1.87. The van der Waals surface area contributed by atoms with E-state index in [1.807, 2.05) is 0 Å². The number of aliphatic hydroxyl groups is 6. The van der Waals surface area contributed by atoms with E-state index in [2.05, 4.69) is 0 Å². The van der Waals surface area contributed by atoms with Crippen molar-refractivity contribution in [3.05, 3.63) is 0 Å². The quantitative estimate of drug-likeness (QED) is 0.222. The molecule has 1 heterocycles. The molecule has 0 aromatic carbocycles. The maximum absolute atomic E-state index is 10.9. The molecule has 0 aliphatic carbocycles. The normalized spacial score (nSPS) is 36.4. The summed E-state index contributed by atoms with van der Waals surface area (Å²) in [5.41, 5.74) is 0. The Kier molecular flexibility index (Phi) is 6.77. The van der Waals surface area contributed by atoms with Gasteiger partial charge in [-0.1, -0.05) is 0 Å². The summed E-state index contributed by atoms with van der Waals surface area (Å²) in [4.78, 5) is 21.3. The first kappa shape index (κ1) is 18.9. The molecule has 1 rings (SSSR count). The van der Waals surface area contributed by atoms with Crippen LogP contribution in [-0.2, 0) is 19.1 Å². The molecule has 1 fully saturated rings. The van der Waals surface area contributed by atoms with Gasteiger partial charge in [-0.25, -0.2) is 4.79 Å². The lowest BCUT2D eigenvalue weighted by Gasteiger charge is -2.40. The van der Waals surface area contributed by atoms with Crippen LogP contribution in [0.5, 0.6) is 0 Å². The molecule has 1 aliphatic rings. The van der Waals surface area contributed by atoms with Crippen LogP contribution in [0, 0.1) is 0 Å². The van der Waals surface area contributed by atoms with E-state index < -0.39 is 61.6 Å². The summed E-state index contributed by atoms with van der Waals surface area (Å²) in [7, 11) is 0. The van der Waals surface area contributed by atoms with E-state index in [0.717, 1.165) is 0 Å². The van der Waals surface area contributed by atoms with Gasteiger partial charge in [-0.15, -0.1) is 0 Å². The number of carboxylic acid groups (broad SMARTS) is 1. The Morgan fingerprint density at radius 3 is 2.23 bits per heavy atom. The average Bonchev–Trinajstić information content (AvgIpc) is 2.50. The molecule has 7 N–H and O–H groups in total. The molecule has 0 amide bonds. The predicted octanol–water partition coefficient (Wildman–Crippen LogP) is -4.82. The topological polar surface area (TPSA) is 194 Å². The zero-order valence-electron chi connectivity index (χ0n) is 11.2. The molecule has 128 valence electrons. The number of carbonyl (C=O) groups excluding carboxylic acids is 1. The van der Waals surface area contributed by atoms with Crippen molar-refractivity contribution in [2.24, 2.45) is 0 Å². The number of carbonyl (C=O) groups is 2. The van der Waals surface area contributed by atoms with Crippen LogP contribution in [0.1, 0.15) is 0 Å². The van der Waals surface area contributed by atoms with E-state index in [1.165, 1.54) is 0 Å². The summed E-state index contributed by atoms with van der Waals surface area (Å²) in [6.07, 6.45) is -14.9. The summed E-state index contributed by atoms with van der Waals surface area (Å²) in [5.74, 6) is -1.64. The Labute approximate surface area is 123 Å². The van der Waals surface area contributed by atoms with Gasteiger partial charge in [-0.3, -0.25) is 0 Å². The summed E-state index contributed by atoms with van der Waals surface area (Å²) >= 11 is 0. The standard InChI is InChI=1S/C11H18O11/c12-1-3(14)5(15)4(2-13)21-11-8(18)6(16)7(17)9(22-11)10(19)20/h1,3-9,11,13-18H,2H2,(H,19,20)/t3-,4+,5+,6-,7-,8+,9-,11-/m0/s1. The molecule has 1 saturated heterocycles. The zero-order valence-corrected chi connectivity index (χ0v) is 11.2. The monoisotopic (exact) mass is 326 g/mol. The smallest absolute Gasteiger partial charge is 0.335 e. The highest BCUT2D eigenvalue weighted by molar-refractivity contribution is 5.73. The minimum absolute atomic E-state index is 0.0203. The molecule has 0 unspecified atom stereocenters. The van der Waals surface area contributed by atoms with Crippen molar-refractivity contribution in [1.82, 2.24) is 0 Å². The zero-order chi connectivity index (χ0) is 17.0. The molecule has 0 bridgehead atoms. The molecule has 0 aromatic rings. The Bertz CT molecular complexity index is 388. The van der Waals surface area contributed by atoms with Gasteiger partial charge >= 0.3 is 5.97 Å². The van der Waals surface area contributed by atoms with E-state index >= 15 is 0 Å². The first-order valence-corrected chi connectivity index (χ1v) is 6.24. The van der Waals surface area contributed by atoms with Crippen LogP contribution >= 0.6 is 0 Å². The van der Waals surface area contributed by atoms with Crippen molar-refractivity contribution in [2.45, 2.75) is 49.0 Å². The third-order valence-corrected chi connectivity index (χ3v) is 3.17. The third kappa shape index (κ3) is 3.97. The van der Waals surface area contributed by atoms with Gasteiger partial charge in [0.2, 0.25) is 0 Å². The van der Waals surface area contributed by atoms with E-state index in [1.54, 1.807) is 0 Å². The summed E-state index contributed by atoms with van der Waals surface area (Å²) < 4.78 is 9.68. The molecule has 22 heavy (non-hydrogen) atoms. The van der Waals surface area contributed by atoms with Crippen molar-refractivity contribution >= 4 is 12.3 Å². The number of carboxylic acids is 1. The van der Waals surface area contributed by atoms with E-state index in [9.17, 15) is 30.0 Å². The fraction of sp³-hybridized carbons (Fsp3) is 0.818. The highest BCUT2D eigenvalue weighted by Gasteiger charge is 2.48. The van der Waals surface area contributed by atoms with Gasteiger partial charge in [0.05, 0.1) is 6.61 Å². The van der Waals surface area contributed by atoms with Crippen LogP contribution < -0.4 is 0 Å². The molecule has 11 heteroatoms. The fourth-order valence-electron chi connectivity index (χ4n) is 1.87. The van der Waals surface area contributed by atoms with Crippen LogP contribution in [-0.4, -0.2) is 104 Å². The molecule has 0 radical (unpaired) electrons. The number of ether oxygens (including phenoxy) is 2. The Morgan fingerprint density at radius 2 is 1.77 bits per heavy atom. The molecule has 11 nitrogen and oxygen atoms in total. The van der Waals surface area contributed by atoms with Crippen molar-refractivity contribution in [3.8, 4) is 0 Å². The number of hydrogen-bond donors (Lipinski definition) is 7.